The summed E-state index contributed by atoms with van der Waals surface area (Å²) in [7, 11) is 0. The van der Waals surface area contributed by atoms with Gasteiger partial charge in [-0.15, -0.1) is 11.6 Å². The first-order chi connectivity index (χ1) is 13.5. The second kappa shape index (κ2) is 8.91. The highest BCUT2D eigenvalue weighted by molar-refractivity contribution is 6.32. The number of aromatic nitrogens is 2. The molecule has 3 rings (SSSR count). The summed E-state index contributed by atoms with van der Waals surface area (Å²) in [5, 5.41) is 3.15. The molecule has 0 aliphatic heterocycles. The molecule has 0 saturated carbocycles. The van der Waals surface area contributed by atoms with Crippen LogP contribution < -0.4 is 10.3 Å². The van der Waals surface area contributed by atoms with Crippen molar-refractivity contribution in [2.24, 2.45) is 4.99 Å². The number of ether oxygens (including phenoxy) is 1. The molecule has 0 saturated heterocycles. The standard InChI is InChI=1S/C20H17Cl2N3O3/c1-13(26)28-19-18(16(11-21)23-12-14-7-3-2-4-8-14)20(27)25(24-19)17-10-6-5-9-15(17)22/h2-10,24H,11-12H2,1H3. The number of benzene rings is 2. The summed E-state index contributed by atoms with van der Waals surface area (Å²) < 4.78 is 6.41. The number of alkyl halides is 1. The van der Waals surface area contributed by atoms with E-state index >= 15 is 0 Å². The summed E-state index contributed by atoms with van der Waals surface area (Å²) in [4.78, 5) is 29.1. The molecule has 0 aliphatic rings. The molecule has 0 atom stereocenters. The minimum absolute atomic E-state index is 0.0233. The van der Waals surface area contributed by atoms with Crippen LogP contribution in [0.3, 0.4) is 0 Å². The van der Waals surface area contributed by atoms with Crippen LogP contribution in [0.5, 0.6) is 5.88 Å². The highest BCUT2D eigenvalue weighted by Gasteiger charge is 2.23. The zero-order valence-corrected chi connectivity index (χ0v) is 16.5. The number of nitrogens with one attached hydrogen (secondary N) is 1. The molecule has 0 bridgehead atoms. The maximum atomic E-state index is 13.1. The van der Waals surface area contributed by atoms with Gasteiger partial charge in [0, 0.05) is 6.92 Å². The minimum atomic E-state index is -0.578. The maximum Gasteiger partial charge on any atom is 0.309 e. The van der Waals surface area contributed by atoms with Crippen molar-refractivity contribution in [3.8, 4) is 11.6 Å². The monoisotopic (exact) mass is 417 g/mol. The second-order valence-electron chi connectivity index (χ2n) is 5.88. The average molecular weight is 418 g/mol. The highest BCUT2D eigenvalue weighted by atomic mass is 35.5. The number of carbonyl (C=O) groups excluding carboxylic acids is 1. The predicted octanol–water partition coefficient (Wildman–Crippen LogP) is 3.97. The normalized spacial score (nSPS) is 11.5. The van der Waals surface area contributed by atoms with Crippen LogP contribution >= 0.6 is 23.2 Å². The summed E-state index contributed by atoms with van der Waals surface area (Å²) in [6.45, 7) is 1.58. The van der Waals surface area contributed by atoms with Gasteiger partial charge < -0.3 is 4.74 Å². The summed E-state index contributed by atoms with van der Waals surface area (Å²) in [6.07, 6.45) is 0. The van der Waals surface area contributed by atoms with Crippen LogP contribution in [0, 0.1) is 0 Å². The second-order valence-corrected chi connectivity index (χ2v) is 6.56. The van der Waals surface area contributed by atoms with Crippen molar-refractivity contribution >= 4 is 34.9 Å². The van der Waals surface area contributed by atoms with Gasteiger partial charge in [0.1, 0.15) is 5.56 Å². The molecular weight excluding hydrogens is 401 g/mol. The average Bonchev–Trinajstić information content (AvgIpc) is 2.99. The molecule has 0 spiro atoms. The Morgan fingerprint density at radius 3 is 2.46 bits per heavy atom. The maximum absolute atomic E-state index is 13.1. The van der Waals surface area contributed by atoms with E-state index in [2.05, 4.69) is 10.1 Å². The smallest absolute Gasteiger partial charge is 0.309 e. The van der Waals surface area contributed by atoms with Crippen molar-refractivity contribution in [1.29, 1.82) is 0 Å². The molecule has 144 valence electrons. The van der Waals surface area contributed by atoms with E-state index in [1.54, 1.807) is 24.3 Å². The van der Waals surface area contributed by atoms with Gasteiger partial charge in [-0.1, -0.05) is 54.1 Å². The Balaban J connectivity index is 2.10. The number of rotatable bonds is 6. The topological polar surface area (TPSA) is 76.5 Å². The number of hydrogen-bond donors (Lipinski definition) is 1. The van der Waals surface area contributed by atoms with Crippen LogP contribution in [0.25, 0.3) is 5.69 Å². The van der Waals surface area contributed by atoms with Gasteiger partial charge in [0.05, 0.1) is 28.8 Å². The Bertz CT molecular complexity index is 1070. The molecule has 1 heterocycles. The fourth-order valence-electron chi connectivity index (χ4n) is 2.65. The van der Waals surface area contributed by atoms with E-state index in [9.17, 15) is 9.59 Å². The first-order valence-electron chi connectivity index (χ1n) is 8.43. The van der Waals surface area contributed by atoms with Gasteiger partial charge in [-0.25, -0.2) is 4.68 Å². The number of halogens is 2. The molecule has 0 radical (unpaired) electrons. The fourth-order valence-corrected chi connectivity index (χ4v) is 3.09. The Labute approximate surface area is 171 Å². The number of H-pyrrole nitrogens is 1. The van der Waals surface area contributed by atoms with Crippen molar-refractivity contribution < 1.29 is 9.53 Å². The molecular formula is C20H17Cl2N3O3. The summed E-state index contributed by atoms with van der Waals surface area (Å²) in [5.74, 6) is -0.632. The largest absolute Gasteiger partial charge is 0.407 e. The lowest BCUT2D eigenvalue weighted by Crippen LogP contribution is -2.22. The number of hydrogen-bond acceptors (Lipinski definition) is 4. The highest BCUT2D eigenvalue weighted by Crippen LogP contribution is 2.22. The van der Waals surface area contributed by atoms with E-state index in [-0.39, 0.29) is 17.3 Å². The van der Waals surface area contributed by atoms with Crippen molar-refractivity contribution in [2.75, 3.05) is 5.88 Å². The number of aromatic amines is 1. The van der Waals surface area contributed by atoms with Crippen LogP contribution in [0.4, 0.5) is 0 Å². The zero-order chi connectivity index (χ0) is 20.1. The number of nitrogens with zero attached hydrogens (tertiary/aromatic N) is 2. The van der Waals surface area contributed by atoms with E-state index in [1.807, 2.05) is 30.3 Å². The molecule has 0 fully saturated rings. The molecule has 0 aliphatic carbocycles. The van der Waals surface area contributed by atoms with Crippen LogP contribution in [0.15, 0.2) is 64.4 Å². The molecule has 28 heavy (non-hydrogen) atoms. The third kappa shape index (κ3) is 4.35. The third-order valence-electron chi connectivity index (χ3n) is 3.91. The minimum Gasteiger partial charge on any atom is -0.407 e. The van der Waals surface area contributed by atoms with E-state index in [1.165, 1.54) is 11.6 Å². The van der Waals surface area contributed by atoms with Gasteiger partial charge in [-0.2, -0.15) is 0 Å². The Morgan fingerprint density at radius 2 is 1.82 bits per heavy atom. The van der Waals surface area contributed by atoms with Gasteiger partial charge >= 0.3 is 5.97 Å². The first kappa shape index (κ1) is 19.9. The van der Waals surface area contributed by atoms with E-state index in [4.69, 9.17) is 27.9 Å². The number of aliphatic imine (C=N–C) groups is 1. The summed E-state index contributed by atoms with van der Waals surface area (Å²) >= 11 is 12.3. The fraction of sp³-hybridized carbons (Fsp3) is 0.150. The summed E-state index contributed by atoms with van der Waals surface area (Å²) in [5.41, 5.74) is 1.33. The SMILES string of the molecule is CC(=O)Oc1[nH]n(-c2ccccc2Cl)c(=O)c1C(CCl)=NCc1ccccc1. The molecule has 3 aromatic rings. The van der Waals surface area contributed by atoms with Crippen LogP contribution in [-0.4, -0.2) is 27.3 Å². The van der Waals surface area contributed by atoms with Crippen LogP contribution in [-0.2, 0) is 11.3 Å². The lowest BCUT2D eigenvalue weighted by molar-refractivity contribution is -0.132. The Hall–Kier alpha value is -2.83. The molecule has 2 aromatic carbocycles. The van der Waals surface area contributed by atoms with E-state index < -0.39 is 11.5 Å². The number of carbonyl (C=O) groups is 1. The van der Waals surface area contributed by atoms with Gasteiger partial charge in [-0.05, 0) is 17.7 Å². The Morgan fingerprint density at radius 1 is 1.14 bits per heavy atom. The van der Waals surface area contributed by atoms with Gasteiger partial charge in [0.25, 0.3) is 5.56 Å². The predicted molar refractivity (Wildman–Crippen MR) is 110 cm³/mol. The van der Waals surface area contributed by atoms with Gasteiger partial charge in [-0.3, -0.25) is 19.7 Å². The van der Waals surface area contributed by atoms with E-state index in [0.717, 1.165) is 5.56 Å². The number of esters is 1. The van der Waals surface area contributed by atoms with Crippen molar-refractivity contribution in [2.45, 2.75) is 13.5 Å². The molecule has 1 aromatic heterocycles. The third-order valence-corrected chi connectivity index (χ3v) is 4.48. The molecule has 0 amide bonds. The molecule has 0 unspecified atom stereocenters. The zero-order valence-electron chi connectivity index (χ0n) is 15.0. The Kier molecular flexibility index (Phi) is 6.34. The van der Waals surface area contributed by atoms with E-state index in [0.29, 0.717) is 23.0 Å². The number of para-hydroxylation sites is 1. The first-order valence-corrected chi connectivity index (χ1v) is 9.34. The lowest BCUT2D eigenvalue weighted by Gasteiger charge is -2.04. The molecule has 1 N–H and O–H groups in total. The summed E-state index contributed by atoms with van der Waals surface area (Å²) in [6, 6.07) is 16.4. The van der Waals surface area contributed by atoms with Crippen molar-refractivity contribution in [3.05, 3.63) is 81.1 Å². The van der Waals surface area contributed by atoms with Crippen LogP contribution in [0.1, 0.15) is 18.1 Å². The van der Waals surface area contributed by atoms with Gasteiger partial charge in [0.2, 0.25) is 5.88 Å². The van der Waals surface area contributed by atoms with Crippen molar-refractivity contribution in [3.63, 3.8) is 0 Å². The van der Waals surface area contributed by atoms with Crippen molar-refractivity contribution in [1.82, 2.24) is 9.78 Å². The lowest BCUT2D eigenvalue weighted by atomic mass is 10.2. The van der Waals surface area contributed by atoms with Gasteiger partial charge in [0.15, 0.2) is 0 Å². The van der Waals surface area contributed by atoms with Crippen LogP contribution in [0.2, 0.25) is 5.02 Å². The molecule has 6 nitrogen and oxygen atoms in total. The quantitative estimate of drug-likeness (QED) is 0.374. The molecule has 8 heteroatoms.